The average Bonchev–Trinajstić information content (AvgIpc) is 3.44. The van der Waals surface area contributed by atoms with Crippen LogP contribution in [0.4, 0.5) is 4.39 Å². The molecule has 0 amide bonds. The largest absolute Gasteiger partial charge is 0.297 e. The average molecular weight is 404 g/mol. The molecule has 0 saturated heterocycles. The molecule has 0 aliphatic heterocycles. The summed E-state index contributed by atoms with van der Waals surface area (Å²) in [5.74, 6) is 0.543. The molecule has 8 heteroatoms. The lowest BCUT2D eigenvalue weighted by Crippen LogP contribution is -2.23. The quantitative estimate of drug-likeness (QED) is 0.559. The second-order valence-electron chi connectivity index (χ2n) is 6.80. The Balaban J connectivity index is 1.62. The summed E-state index contributed by atoms with van der Waals surface area (Å²) in [6.07, 6.45) is 5.72. The van der Waals surface area contributed by atoms with Crippen molar-refractivity contribution in [2.45, 2.75) is 32.1 Å². The molecule has 2 aromatic heterocycles. The zero-order chi connectivity index (χ0) is 19.0. The van der Waals surface area contributed by atoms with Crippen LogP contribution >= 0.6 is 23.8 Å². The third kappa shape index (κ3) is 3.81. The topological polar surface area (TPSA) is 38.9 Å². The monoisotopic (exact) mass is 403 g/mol. The maximum Gasteiger partial charge on any atom is 0.199 e. The van der Waals surface area contributed by atoms with Crippen molar-refractivity contribution in [3.63, 3.8) is 0 Å². The van der Waals surface area contributed by atoms with Crippen molar-refractivity contribution >= 4 is 23.8 Å². The number of pyridine rings is 1. The first-order valence-corrected chi connectivity index (χ1v) is 9.54. The van der Waals surface area contributed by atoms with Crippen LogP contribution in [0.5, 0.6) is 0 Å². The lowest BCUT2D eigenvalue weighted by molar-refractivity contribution is 0.241. The number of halogens is 2. The Bertz CT molecular complexity index is 992. The van der Waals surface area contributed by atoms with Crippen LogP contribution in [0.25, 0.3) is 11.4 Å². The van der Waals surface area contributed by atoms with Crippen LogP contribution in [0.1, 0.15) is 24.4 Å². The number of benzene rings is 1. The predicted molar refractivity (Wildman–Crippen MR) is 105 cm³/mol. The third-order valence-electron chi connectivity index (χ3n) is 4.59. The van der Waals surface area contributed by atoms with Crippen molar-refractivity contribution in [1.29, 1.82) is 0 Å². The molecule has 0 spiro atoms. The van der Waals surface area contributed by atoms with Crippen LogP contribution in [-0.4, -0.2) is 31.3 Å². The Hall–Kier alpha value is -2.09. The summed E-state index contributed by atoms with van der Waals surface area (Å²) in [5, 5.41) is 5.17. The van der Waals surface area contributed by atoms with Gasteiger partial charge in [-0.2, -0.15) is 5.10 Å². The van der Waals surface area contributed by atoms with Crippen molar-refractivity contribution in [1.82, 2.24) is 24.2 Å². The summed E-state index contributed by atoms with van der Waals surface area (Å²) in [5.41, 5.74) is 1.46. The van der Waals surface area contributed by atoms with Gasteiger partial charge >= 0.3 is 0 Å². The maximum atomic E-state index is 14.1. The summed E-state index contributed by atoms with van der Waals surface area (Å²) in [6.45, 7) is 0.815. The van der Waals surface area contributed by atoms with Gasteiger partial charge in [0.1, 0.15) is 5.82 Å². The molecule has 0 unspecified atom stereocenters. The SMILES string of the molecule is CN(Cc1c(F)cccc1Cl)Cn1nc(-c2ccncc2)n(C2CC2)c1=S. The second kappa shape index (κ2) is 7.50. The van der Waals surface area contributed by atoms with Crippen LogP contribution in [0.15, 0.2) is 42.7 Å². The van der Waals surface area contributed by atoms with E-state index in [1.807, 2.05) is 24.1 Å². The maximum absolute atomic E-state index is 14.1. The minimum absolute atomic E-state index is 0.307. The van der Waals surface area contributed by atoms with E-state index in [-0.39, 0.29) is 5.82 Å². The summed E-state index contributed by atoms with van der Waals surface area (Å²) in [4.78, 5) is 6.02. The van der Waals surface area contributed by atoms with E-state index < -0.39 is 0 Å². The molecule has 1 fully saturated rings. The summed E-state index contributed by atoms with van der Waals surface area (Å²) < 4.78 is 18.7. The fourth-order valence-corrected chi connectivity index (χ4v) is 3.66. The lowest BCUT2D eigenvalue weighted by Gasteiger charge is -2.17. The van der Waals surface area contributed by atoms with Gasteiger partial charge in [0.2, 0.25) is 0 Å². The van der Waals surface area contributed by atoms with Gasteiger partial charge in [-0.3, -0.25) is 14.5 Å². The van der Waals surface area contributed by atoms with Crippen LogP contribution in [-0.2, 0) is 13.2 Å². The Morgan fingerprint density at radius 1 is 1.26 bits per heavy atom. The van der Waals surface area contributed by atoms with E-state index in [2.05, 4.69) is 9.55 Å². The number of hydrogen-bond acceptors (Lipinski definition) is 4. The minimum atomic E-state index is -0.307. The van der Waals surface area contributed by atoms with Crippen molar-refractivity contribution in [3.8, 4) is 11.4 Å². The van der Waals surface area contributed by atoms with Gasteiger partial charge in [0, 0.05) is 41.1 Å². The van der Waals surface area contributed by atoms with Crippen molar-refractivity contribution < 1.29 is 4.39 Å². The Morgan fingerprint density at radius 2 is 2.00 bits per heavy atom. The molecular formula is C19H19ClFN5S. The first kappa shape index (κ1) is 18.3. The van der Waals surface area contributed by atoms with E-state index in [9.17, 15) is 4.39 Å². The van der Waals surface area contributed by atoms with Crippen LogP contribution in [0, 0.1) is 10.6 Å². The Labute approximate surface area is 167 Å². The molecular weight excluding hydrogens is 385 g/mol. The number of rotatable bonds is 6. The number of hydrogen-bond donors (Lipinski definition) is 0. The van der Waals surface area contributed by atoms with Gasteiger partial charge < -0.3 is 0 Å². The fraction of sp³-hybridized carbons (Fsp3) is 0.316. The van der Waals surface area contributed by atoms with Crippen molar-refractivity contribution in [2.75, 3.05) is 7.05 Å². The Morgan fingerprint density at radius 3 is 2.67 bits per heavy atom. The first-order valence-electron chi connectivity index (χ1n) is 8.76. The first-order chi connectivity index (χ1) is 13.0. The highest BCUT2D eigenvalue weighted by Gasteiger charge is 2.29. The molecule has 1 aliphatic carbocycles. The molecule has 0 N–H and O–H groups in total. The zero-order valence-corrected chi connectivity index (χ0v) is 16.4. The molecule has 2 heterocycles. The highest BCUT2D eigenvalue weighted by molar-refractivity contribution is 7.71. The Kier molecular flexibility index (Phi) is 5.08. The van der Waals surface area contributed by atoms with Gasteiger partial charge in [0.05, 0.1) is 6.67 Å². The van der Waals surface area contributed by atoms with E-state index in [4.69, 9.17) is 28.9 Å². The zero-order valence-electron chi connectivity index (χ0n) is 14.8. The van der Waals surface area contributed by atoms with Gasteiger partial charge in [0.15, 0.2) is 10.6 Å². The molecule has 1 saturated carbocycles. The van der Waals surface area contributed by atoms with Crippen molar-refractivity contribution in [2.24, 2.45) is 0 Å². The standard InChI is InChI=1S/C19H19ClFN5S/c1-24(11-15-16(20)3-2-4-17(15)21)12-25-19(27)26(14-5-6-14)18(23-25)13-7-9-22-10-8-13/h2-4,7-10,14H,5-6,11-12H2,1H3. The van der Waals surface area contributed by atoms with Crippen molar-refractivity contribution in [3.05, 3.63) is 63.9 Å². The molecule has 0 atom stereocenters. The smallest absolute Gasteiger partial charge is 0.199 e. The van der Waals surface area contributed by atoms with E-state index in [0.29, 0.717) is 34.6 Å². The third-order valence-corrected chi connectivity index (χ3v) is 5.35. The van der Waals surface area contributed by atoms with Gasteiger partial charge in [-0.1, -0.05) is 17.7 Å². The lowest BCUT2D eigenvalue weighted by atomic mass is 10.2. The molecule has 3 aromatic rings. The summed E-state index contributed by atoms with van der Waals surface area (Å²) in [6, 6.07) is 9.00. The molecule has 5 nitrogen and oxygen atoms in total. The summed E-state index contributed by atoms with van der Waals surface area (Å²) in [7, 11) is 1.90. The highest BCUT2D eigenvalue weighted by atomic mass is 35.5. The minimum Gasteiger partial charge on any atom is -0.297 e. The number of nitrogens with zero attached hydrogens (tertiary/aromatic N) is 5. The second-order valence-corrected chi connectivity index (χ2v) is 7.57. The predicted octanol–water partition coefficient (Wildman–Crippen LogP) is 4.69. The normalized spacial score (nSPS) is 14.1. The number of aromatic nitrogens is 4. The fourth-order valence-electron chi connectivity index (χ4n) is 3.10. The molecule has 140 valence electrons. The molecule has 4 rings (SSSR count). The molecule has 0 radical (unpaired) electrons. The van der Waals surface area contributed by atoms with Gasteiger partial charge in [-0.25, -0.2) is 9.07 Å². The van der Waals surface area contributed by atoms with Crippen LogP contribution < -0.4 is 0 Å². The van der Waals surface area contributed by atoms with Gasteiger partial charge in [-0.15, -0.1) is 0 Å². The summed E-state index contributed by atoms with van der Waals surface area (Å²) >= 11 is 11.8. The molecule has 0 bridgehead atoms. The van der Waals surface area contributed by atoms with E-state index >= 15 is 0 Å². The molecule has 1 aromatic carbocycles. The molecule has 1 aliphatic rings. The van der Waals surface area contributed by atoms with Gasteiger partial charge in [0.25, 0.3) is 0 Å². The highest BCUT2D eigenvalue weighted by Crippen LogP contribution is 2.38. The van der Waals surface area contributed by atoms with Crippen LogP contribution in [0.3, 0.4) is 0 Å². The molecule has 27 heavy (non-hydrogen) atoms. The van der Waals surface area contributed by atoms with Crippen LogP contribution in [0.2, 0.25) is 5.02 Å². The van der Waals surface area contributed by atoms with E-state index in [1.54, 1.807) is 29.2 Å². The van der Waals surface area contributed by atoms with E-state index in [0.717, 1.165) is 24.2 Å². The van der Waals surface area contributed by atoms with Gasteiger partial charge in [-0.05, 0) is 56.4 Å². The van der Waals surface area contributed by atoms with E-state index in [1.165, 1.54) is 6.07 Å².